The van der Waals surface area contributed by atoms with Crippen molar-refractivity contribution in [3.63, 3.8) is 0 Å². The molecule has 3 nitrogen and oxygen atoms in total. The van der Waals surface area contributed by atoms with Crippen LogP contribution in [0.4, 0.5) is 8.78 Å². The first-order chi connectivity index (χ1) is 10.5. The second kappa shape index (κ2) is 7.54. The van der Waals surface area contributed by atoms with Gasteiger partial charge in [-0.3, -0.25) is 0 Å². The summed E-state index contributed by atoms with van der Waals surface area (Å²) in [4.78, 5) is 3.98. The molecule has 1 heterocycles. The minimum absolute atomic E-state index is 0.0269. The smallest absolute Gasteiger partial charge is 0.388 e. The highest BCUT2D eigenvalue weighted by Gasteiger charge is 2.14. The van der Waals surface area contributed by atoms with Crippen molar-refractivity contribution >= 4 is 15.9 Å². The van der Waals surface area contributed by atoms with Gasteiger partial charge < -0.3 is 9.47 Å². The van der Waals surface area contributed by atoms with Crippen LogP contribution in [0, 0.1) is 0 Å². The van der Waals surface area contributed by atoms with E-state index in [1.165, 1.54) is 6.20 Å². The summed E-state index contributed by atoms with van der Waals surface area (Å²) in [6.07, 6.45) is 1.53. The van der Waals surface area contributed by atoms with E-state index in [0.29, 0.717) is 22.2 Å². The third-order valence-corrected chi connectivity index (χ3v) is 3.43. The maximum Gasteiger partial charge on any atom is 0.388 e. The Morgan fingerprint density at radius 2 is 1.95 bits per heavy atom. The molecule has 0 aliphatic heterocycles. The predicted octanol–water partition coefficient (Wildman–Crippen LogP) is 5.03. The van der Waals surface area contributed by atoms with E-state index >= 15 is 0 Å². The van der Waals surface area contributed by atoms with Gasteiger partial charge in [0.1, 0.15) is 5.75 Å². The van der Waals surface area contributed by atoms with E-state index in [2.05, 4.69) is 25.7 Å². The minimum atomic E-state index is -2.92. The molecule has 1 aromatic carbocycles. The topological polar surface area (TPSA) is 31.4 Å². The minimum Gasteiger partial charge on any atom is -0.491 e. The highest BCUT2D eigenvalue weighted by Crippen LogP contribution is 2.32. The zero-order valence-corrected chi connectivity index (χ0v) is 13.8. The number of rotatable bonds is 6. The predicted molar refractivity (Wildman–Crippen MR) is 84.7 cm³/mol. The van der Waals surface area contributed by atoms with Crippen LogP contribution in [0.15, 0.2) is 36.5 Å². The third kappa shape index (κ3) is 4.40. The van der Waals surface area contributed by atoms with Crippen molar-refractivity contribution in [1.82, 2.24) is 4.98 Å². The Bertz CT molecular complexity index is 635. The van der Waals surface area contributed by atoms with Gasteiger partial charge in [0, 0.05) is 17.1 Å². The maximum atomic E-state index is 12.6. The second-order valence-electron chi connectivity index (χ2n) is 4.90. The highest BCUT2D eigenvalue weighted by molar-refractivity contribution is 9.08. The molecule has 0 aliphatic rings. The molecule has 22 heavy (non-hydrogen) atoms. The average Bonchev–Trinajstić information content (AvgIpc) is 2.46. The number of halogens is 3. The number of aromatic nitrogens is 1. The molecule has 0 fully saturated rings. The SMILES string of the molecule is CC(C)Oc1cccc(-c2cc(CBr)cnc2OC(F)F)c1. The molecule has 0 amide bonds. The zero-order valence-electron chi connectivity index (χ0n) is 12.2. The van der Waals surface area contributed by atoms with Crippen LogP contribution in [0.2, 0.25) is 0 Å². The van der Waals surface area contributed by atoms with E-state index in [9.17, 15) is 8.78 Å². The summed E-state index contributed by atoms with van der Waals surface area (Å²) >= 11 is 3.33. The third-order valence-electron chi connectivity index (χ3n) is 2.78. The lowest BCUT2D eigenvalue weighted by molar-refractivity contribution is -0.0524. The van der Waals surface area contributed by atoms with Gasteiger partial charge in [0.05, 0.1) is 6.10 Å². The molecule has 0 spiro atoms. The number of alkyl halides is 3. The Morgan fingerprint density at radius 3 is 2.59 bits per heavy atom. The number of ether oxygens (including phenoxy) is 2. The van der Waals surface area contributed by atoms with E-state index in [1.807, 2.05) is 19.9 Å². The maximum absolute atomic E-state index is 12.6. The van der Waals surface area contributed by atoms with Gasteiger partial charge in [0.25, 0.3) is 0 Å². The van der Waals surface area contributed by atoms with E-state index < -0.39 is 6.61 Å². The lowest BCUT2D eigenvalue weighted by atomic mass is 10.1. The lowest BCUT2D eigenvalue weighted by Crippen LogP contribution is -2.06. The van der Waals surface area contributed by atoms with E-state index in [1.54, 1.807) is 24.3 Å². The normalized spacial score (nSPS) is 11.0. The summed E-state index contributed by atoms with van der Waals surface area (Å²) in [5, 5.41) is 0.574. The standard InChI is InChI=1S/C16H16BrF2NO2/c1-10(2)21-13-5-3-4-12(7-13)14-6-11(8-17)9-20-15(14)22-16(18)19/h3-7,9-10,16H,8H2,1-2H3. The van der Waals surface area contributed by atoms with Crippen molar-refractivity contribution in [3.05, 3.63) is 42.1 Å². The number of benzene rings is 1. The van der Waals surface area contributed by atoms with E-state index in [-0.39, 0.29) is 12.0 Å². The average molecular weight is 372 g/mol. The van der Waals surface area contributed by atoms with Crippen LogP contribution in [0.3, 0.4) is 0 Å². The summed E-state index contributed by atoms with van der Waals surface area (Å²) in [5.74, 6) is 0.570. The first kappa shape index (κ1) is 16.7. The van der Waals surface area contributed by atoms with Gasteiger partial charge in [-0.15, -0.1) is 0 Å². The molecular weight excluding hydrogens is 356 g/mol. The van der Waals surface area contributed by atoms with Gasteiger partial charge in [0.2, 0.25) is 5.88 Å². The largest absolute Gasteiger partial charge is 0.491 e. The van der Waals surface area contributed by atoms with Crippen LogP contribution >= 0.6 is 15.9 Å². The number of pyridine rings is 1. The van der Waals surface area contributed by atoms with Crippen LogP contribution in [0.5, 0.6) is 11.6 Å². The quantitative estimate of drug-likeness (QED) is 0.667. The molecule has 0 radical (unpaired) electrons. The molecule has 2 rings (SSSR count). The molecule has 0 atom stereocenters. The second-order valence-corrected chi connectivity index (χ2v) is 5.46. The molecule has 118 valence electrons. The van der Waals surface area contributed by atoms with Crippen molar-refractivity contribution in [2.75, 3.05) is 0 Å². The van der Waals surface area contributed by atoms with Crippen molar-refractivity contribution in [2.24, 2.45) is 0 Å². The van der Waals surface area contributed by atoms with Gasteiger partial charge >= 0.3 is 6.61 Å². The molecule has 0 saturated carbocycles. The van der Waals surface area contributed by atoms with Crippen LogP contribution in [-0.2, 0) is 5.33 Å². The number of nitrogens with zero attached hydrogens (tertiary/aromatic N) is 1. The summed E-state index contributed by atoms with van der Waals surface area (Å²) in [6, 6.07) is 8.99. The summed E-state index contributed by atoms with van der Waals surface area (Å²) in [7, 11) is 0. The van der Waals surface area contributed by atoms with Crippen LogP contribution < -0.4 is 9.47 Å². The number of hydrogen-bond donors (Lipinski definition) is 0. The molecule has 0 bridgehead atoms. The van der Waals surface area contributed by atoms with Gasteiger partial charge in [-0.2, -0.15) is 8.78 Å². The van der Waals surface area contributed by atoms with Crippen molar-refractivity contribution in [2.45, 2.75) is 31.9 Å². The molecular formula is C16H16BrF2NO2. The molecule has 0 N–H and O–H groups in total. The van der Waals surface area contributed by atoms with Gasteiger partial charge in [0.15, 0.2) is 0 Å². The molecule has 0 aliphatic carbocycles. The molecule has 0 unspecified atom stereocenters. The van der Waals surface area contributed by atoms with E-state index in [4.69, 9.17) is 4.74 Å². The van der Waals surface area contributed by atoms with Crippen LogP contribution in [0.1, 0.15) is 19.4 Å². The van der Waals surface area contributed by atoms with E-state index in [0.717, 1.165) is 5.56 Å². The zero-order chi connectivity index (χ0) is 16.1. The Morgan fingerprint density at radius 1 is 1.18 bits per heavy atom. The monoisotopic (exact) mass is 371 g/mol. The lowest BCUT2D eigenvalue weighted by Gasteiger charge is -2.13. The van der Waals surface area contributed by atoms with Crippen LogP contribution in [0.25, 0.3) is 11.1 Å². The van der Waals surface area contributed by atoms with Crippen LogP contribution in [-0.4, -0.2) is 17.7 Å². The fourth-order valence-corrected chi connectivity index (χ4v) is 2.27. The van der Waals surface area contributed by atoms with Crippen molar-refractivity contribution in [3.8, 4) is 22.8 Å². The summed E-state index contributed by atoms with van der Waals surface area (Å²) in [5.41, 5.74) is 2.09. The fourth-order valence-electron chi connectivity index (χ4n) is 1.96. The Balaban J connectivity index is 2.44. The van der Waals surface area contributed by atoms with Crippen molar-refractivity contribution < 1.29 is 18.3 Å². The Kier molecular flexibility index (Phi) is 5.71. The highest BCUT2D eigenvalue weighted by atomic mass is 79.9. The molecule has 2 aromatic rings. The van der Waals surface area contributed by atoms with Gasteiger partial charge in [-0.05, 0) is 43.2 Å². The van der Waals surface area contributed by atoms with Gasteiger partial charge in [-0.25, -0.2) is 4.98 Å². The molecule has 0 saturated heterocycles. The van der Waals surface area contributed by atoms with Crippen molar-refractivity contribution in [1.29, 1.82) is 0 Å². The summed E-state index contributed by atoms with van der Waals surface area (Å²) in [6.45, 7) is 0.923. The first-order valence-electron chi connectivity index (χ1n) is 6.76. The fraction of sp³-hybridized carbons (Fsp3) is 0.312. The molecule has 6 heteroatoms. The molecule has 1 aromatic heterocycles. The first-order valence-corrected chi connectivity index (χ1v) is 7.88. The number of hydrogen-bond acceptors (Lipinski definition) is 3. The van der Waals surface area contributed by atoms with Gasteiger partial charge in [-0.1, -0.05) is 28.1 Å². The Labute approximate surface area is 136 Å². The summed E-state index contributed by atoms with van der Waals surface area (Å²) < 4.78 is 35.3. The Hall–Kier alpha value is -1.69.